The lowest BCUT2D eigenvalue weighted by molar-refractivity contribution is -0.148. The number of amides is 1. The quantitative estimate of drug-likeness (QED) is 0.642. The number of primary amides is 1. The summed E-state index contributed by atoms with van der Waals surface area (Å²) >= 11 is 0. The summed E-state index contributed by atoms with van der Waals surface area (Å²) in [7, 11) is 1.42. The molecule has 0 aliphatic heterocycles. The maximum atomic E-state index is 12.0. The summed E-state index contributed by atoms with van der Waals surface area (Å²) in [4.78, 5) is 23.1. The van der Waals surface area contributed by atoms with Gasteiger partial charge >= 0.3 is 5.97 Å². The molecule has 2 rings (SSSR count). The molecule has 6 nitrogen and oxygen atoms in total. The molecule has 0 spiro atoms. The lowest BCUT2D eigenvalue weighted by Crippen LogP contribution is -2.54. The van der Waals surface area contributed by atoms with E-state index in [1.54, 1.807) is 12.1 Å². The number of hydrogen-bond acceptors (Lipinski definition) is 5. The molecule has 0 bridgehead atoms. The third kappa shape index (κ3) is 4.30. The maximum absolute atomic E-state index is 12.0. The number of methoxy groups -OCH3 is 1. The van der Waals surface area contributed by atoms with Gasteiger partial charge in [0, 0.05) is 18.2 Å². The third-order valence-electron chi connectivity index (χ3n) is 4.47. The van der Waals surface area contributed by atoms with E-state index in [-0.39, 0.29) is 12.0 Å². The van der Waals surface area contributed by atoms with Crippen molar-refractivity contribution < 1.29 is 14.3 Å². The summed E-state index contributed by atoms with van der Waals surface area (Å²) in [6, 6.07) is 6.98. The first-order valence-corrected chi connectivity index (χ1v) is 7.94. The number of esters is 1. The zero-order valence-corrected chi connectivity index (χ0v) is 13.5. The Bertz CT molecular complexity index is 551. The number of nitrogens with one attached hydrogen (secondary N) is 1. The summed E-state index contributed by atoms with van der Waals surface area (Å²) in [6.07, 6.45) is 4.28. The van der Waals surface area contributed by atoms with Gasteiger partial charge in [0.2, 0.25) is 5.91 Å². The van der Waals surface area contributed by atoms with E-state index in [2.05, 4.69) is 5.32 Å². The van der Waals surface area contributed by atoms with Gasteiger partial charge in [-0.1, -0.05) is 25.0 Å². The fraction of sp³-hybridized carbons (Fsp3) is 0.529. The molecule has 1 aliphatic carbocycles. The first-order chi connectivity index (χ1) is 11.0. The molecule has 126 valence electrons. The Morgan fingerprint density at radius 3 is 2.39 bits per heavy atom. The Balaban J connectivity index is 1.90. The molecular formula is C17H25N3O3. The Morgan fingerprint density at radius 1 is 1.26 bits per heavy atom. The standard InChI is InChI=1S/C17H25N3O3/c1-23-16(22)17(8-2-3-9-17)20-11-14(18)10-12-4-6-13(7-5-12)15(19)21/h4-7,14,20H,2-3,8-11,18H2,1H3,(H2,19,21)/t14-/m0/s1. The molecule has 1 aliphatic rings. The second-order valence-corrected chi connectivity index (χ2v) is 6.19. The minimum absolute atomic E-state index is 0.128. The minimum atomic E-state index is -0.581. The molecule has 0 aromatic heterocycles. The van der Waals surface area contributed by atoms with Crippen LogP contribution in [0.5, 0.6) is 0 Å². The van der Waals surface area contributed by atoms with Gasteiger partial charge in [-0.15, -0.1) is 0 Å². The SMILES string of the molecule is COC(=O)C1(NC[C@@H](N)Cc2ccc(C(N)=O)cc2)CCCC1. The number of carbonyl (C=O) groups excluding carboxylic acids is 2. The van der Waals surface area contributed by atoms with Crippen molar-refractivity contribution in [3.8, 4) is 0 Å². The molecule has 1 atom stereocenters. The van der Waals surface area contributed by atoms with Gasteiger partial charge in [-0.2, -0.15) is 0 Å². The lowest BCUT2D eigenvalue weighted by atomic mass is 9.96. The zero-order valence-electron chi connectivity index (χ0n) is 13.5. The van der Waals surface area contributed by atoms with Crippen LogP contribution in [0, 0.1) is 0 Å². The zero-order chi connectivity index (χ0) is 16.9. The van der Waals surface area contributed by atoms with Crippen molar-refractivity contribution in [3.63, 3.8) is 0 Å². The summed E-state index contributed by atoms with van der Waals surface area (Å²) < 4.78 is 4.94. The van der Waals surface area contributed by atoms with Crippen LogP contribution in [0.15, 0.2) is 24.3 Å². The lowest BCUT2D eigenvalue weighted by Gasteiger charge is -2.28. The first-order valence-electron chi connectivity index (χ1n) is 7.94. The van der Waals surface area contributed by atoms with Gasteiger partial charge in [-0.05, 0) is 37.0 Å². The smallest absolute Gasteiger partial charge is 0.326 e. The highest BCUT2D eigenvalue weighted by Gasteiger charge is 2.41. The van der Waals surface area contributed by atoms with Gasteiger partial charge in [-0.25, -0.2) is 0 Å². The summed E-state index contributed by atoms with van der Waals surface area (Å²) in [6.45, 7) is 0.534. The van der Waals surface area contributed by atoms with Crippen molar-refractivity contribution in [2.75, 3.05) is 13.7 Å². The van der Waals surface area contributed by atoms with Crippen LogP contribution in [0.3, 0.4) is 0 Å². The van der Waals surface area contributed by atoms with Gasteiger partial charge in [0.15, 0.2) is 0 Å². The van der Waals surface area contributed by atoms with E-state index in [0.29, 0.717) is 18.5 Å². The average molecular weight is 319 g/mol. The molecule has 23 heavy (non-hydrogen) atoms. The van der Waals surface area contributed by atoms with Crippen LogP contribution in [-0.4, -0.2) is 37.1 Å². The Hall–Kier alpha value is -1.92. The van der Waals surface area contributed by atoms with Crippen molar-refractivity contribution in [1.82, 2.24) is 5.32 Å². The molecule has 6 heteroatoms. The maximum Gasteiger partial charge on any atom is 0.326 e. The van der Waals surface area contributed by atoms with E-state index in [9.17, 15) is 9.59 Å². The topological polar surface area (TPSA) is 107 Å². The number of carbonyl (C=O) groups is 2. The van der Waals surface area contributed by atoms with Crippen LogP contribution in [0.1, 0.15) is 41.6 Å². The van der Waals surface area contributed by atoms with Crippen LogP contribution in [0.25, 0.3) is 0 Å². The monoisotopic (exact) mass is 319 g/mol. The normalized spacial score (nSPS) is 17.7. The number of rotatable bonds is 7. The molecule has 1 saturated carbocycles. The number of benzene rings is 1. The molecule has 0 heterocycles. The van der Waals surface area contributed by atoms with Crippen LogP contribution in [-0.2, 0) is 16.0 Å². The van der Waals surface area contributed by atoms with Crippen LogP contribution in [0.2, 0.25) is 0 Å². The van der Waals surface area contributed by atoms with Crippen molar-refractivity contribution in [2.45, 2.75) is 43.7 Å². The number of ether oxygens (including phenoxy) is 1. The average Bonchev–Trinajstić information content (AvgIpc) is 3.03. The molecule has 0 unspecified atom stereocenters. The minimum Gasteiger partial charge on any atom is -0.468 e. The highest BCUT2D eigenvalue weighted by molar-refractivity contribution is 5.92. The highest BCUT2D eigenvalue weighted by atomic mass is 16.5. The van der Waals surface area contributed by atoms with Gasteiger partial charge in [-0.3, -0.25) is 9.59 Å². The Kier molecular flexibility index (Phi) is 5.74. The van der Waals surface area contributed by atoms with E-state index in [1.807, 2.05) is 12.1 Å². The fourth-order valence-electron chi connectivity index (χ4n) is 3.13. The highest BCUT2D eigenvalue weighted by Crippen LogP contribution is 2.30. The molecule has 1 amide bonds. The van der Waals surface area contributed by atoms with E-state index in [1.165, 1.54) is 7.11 Å². The van der Waals surface area contributed by atoms with E-state index < -0.39 is 11.4 Å². The van der Waals surface area contributed by atoms with Crippen molar-refractivity contribution in [2.24, 2.45) is 11.5 Å². The van der Waals surface area contributed by atoms with Crippen LogP contribution < -0.4 is 16.8 Å². The Labute approximate surface area is 136 Å². The van der Waals surface area contributed by atoms with E-state index >= 15 is 0 Å². The predicted molar refractivity (Wildman–Crippen MR) is 87.9 cm³/mol. The van der Waals surface area contributed by atoms with E-state index in [0.717, 1.165) is 31.2 Å². The van der Waals surface area contributed by atoms with Gasteiger partial charge in [0.05, 0.1) is 7.11 Å². The molecule has 0 saturated heterocycles. The largest absolute Gasteiger partial charge is 0.468 e. The van der Waals surface area contributed by atoms with Crippen molar-refractivity contribution in [1.29, 1.82) is 0 Å². The summed E-state index contributed by atoms with van der Waals surface area (Å²) in [5, 5.41) is 3.32. The number of nitrogens with two attached hydrogens (primary N) is 2. The molecular weight excluding hydrogens is 294 g/mol. The molecule has 1 fully saturated rings. The first kappa shape index (κ1) is 17.4. The Morgan fingerprint density at radius 2 is 1.87 bits per heavy atom. The molecule has 5 N–H and O–H groups in total. The van der Waals surface area contributed by atoms with Gasteiger partial charge in [0.1, 0.15) is 5.54 Å². The number of hydrogen-bond donors (Lipinski definition) is 3. The van der Waals surface area contributed by atoms with Crippen LogP contribution >= 0.6 is 0 Å². The second kappa shape index (κ2) is 7.57. The molecule has 0 radical (unpaired) electrons. The summed E-state index contributed by atoms with van der Waals surface area (Å²) in [5.74, 6) is -0.642. The predicted octanol–water partition coefficient (Wildman–Crippen LogP) is 0.731. The third-order valence-corrected chi connectivity index (χ3v) is 4.47. The van der Waals surface area contributed by atoms with Crippen molar-refractivity contribution >= 4 is 11.9 Å². The second-order valence-electron chi connectivity index (χ2n) is 6.19. The van der Waals surface area contributed by atoms with Gasteiger partial charge in [0.25, 0.3) is 0 Å². The molecule has 1 aromatic carbocycles. The fourth-order valence-corrected chi connectivity index (χ4v) is 3.13. The van der Waals surface area contributed by atoms with Crippen molar-refractivity contribution in [3.05, 3.63) is 35.4 Å². The van der Waals surface area contributed by atoms with Crippen LogP contribution in [0.4, 0.5) is 0 Å². The molecule has 1 aromatic rings. The summed E-state index contributed by atoms with van der Waals surface area (Å²) in [5.41, 5.74) is 12.3. The van der Waals surface area contributed by atoms with E-state index in [4.69, 9.17) is 16.2 Å². The van der Waals surface area contributed by atoms with Gasteiger partial charge < -0.3 is 21.5 Å².